The number of aromatic nitrogens is 2. The Bertz CT molecular complexity index is 430. The first-order valence-electron chi connectivity index (χ1n) is 5.25. The van der Waals surface area contributed by atoms with E-state index in [4.69, 9.17) is 4.42 Å². The molecule has 0 aliphatic rings. The zero-order chi connectivity index (χ0) is 12.7. The van der Waals surface area contributed by atoms with E-state index in [1.54, 1.807) is 14.0 Å². The lowest BCUT2D eigenvalue weighted by Gasteiger charge is -2.03. The van der Waals surface area contributed by atoms with E-state index in [9.17, 15) is 8.42 Å². The van der Waals surface area contributed by atoms with Crippen LogP contribution in [-0.4, -0.2) is 44.5 Å². The fourth-order valence-corrected chi connectivity index (χ4v) is 2.09. The van der Waals surface area contributed by atoms with Crippen LogP contribution in [-0.2, 0) is 16.6 Å². The van der Waals surface area contributed by atoms with Crippen LogP contribution in [0, 0.1) is 0 Å². The van der Waals surface area contributed by atoms with Gasteiger partial charge in [0, 0.05) is 13.1 Å². The second-order valence-corrected chi connectivity index (χ2v) is 5.20. The summed E-state index contributed by atoms with van der Waals surface area (Å²) in [7, 11) is -1.46. The zero-order valence-electron chi connectivity index (χ0n) is 9.86. The summed E-state index contributed by atoms with van der Waals surface area (Å²) in [4.78, 5) is 0. The highest BCUT2D eigenvalue weighted by Crippen LogP contribution is 2.04. The summed E-state index contributed by atoms with van der Waals surface area (Å²) in [5.41, 5.74) is 0. The van der Waals surface area contributed by atoms with E-state index in [-0.39, 0.29) is 18.3 Å². The van der Waals surface area contributed by atoms with Gasteiger partial charge in [0.15, 0.2) is 0 Å². The van der Waals surface area contributed by atoms with Gasteiger partial charge in [-0.05, 0) is 7.05 Å². The van der Waals surface area contributed by atoms with Crippen molar-refractivity contribution in [2.75, 3.05) is 31.2 Å². The van der Waals surface area contributed by atoms with Gasteiger partial charge in [0.2, 0.25) is 15.9 Å². The molecule has 0 bridgehead atoms. The van der Waals surface area contributed by atoms with Crippen molar-refractivity contribution in [1.29, 1.82) is 0 Å². The largest absolute Gasteiger partial charge is 0.407 e. The van der Waals surface area contributed by atoms with Gasteiger partial charge in [-0.15, -0.1) is 5.10 Å². The average molecular weight is 263 g/mol. The van der Waals surface area contributed by atoms with Gasteiger partial charge in [0.25, 0.3) is 0 Å². The molecule has 1 aromatic rings. The number of rotatable bonds is 8. The molecule has 0 saturated carbocycles. The van der Waals surface area contributed by atoms with E-state index in [0.29, 0.717) is 19.0 Å². The maximum atomic E-state index is 11.3. The molecule has 0 saturated heterocycles. The van der Waals surface area contributed by atoms with Crippen molar-refractivity contribution in [3.05, 3.63) is 5.89 Å². The van der Waals surface area contributed by atoms with Crippen LogP contribution in [0.25, 0.3) is 0 Å². The summed E-state index contributed by atoms with van der Waals surface area (Å²) in [6.45, 7) is 2.81. The minimum Gasteiger partial charge on any atom is -0.407 e. The van der Waals surface area contributed by atoms with Gasteiger partial charge in [-0.3, -0.25) is 0 Å². The van der Waals surface area contributed by atoms with Gasteiger partial charge in [-0.2, -0.15) is 0 Å². The van der Waals surface area contributed by atoms with Gasteiger partial charge in [-0.1, -0.05) is 12.0 Å². The van der Waals surface area contributed by atoms with Crippen molar-refractivity contribution < 1.29 is 12.8 Å². The Morgan fingerprint density at radius 2 is 2.12 bits per heavy atom. The molecule has 1 heterocycles. The zero-order valence-corrected chi connectivity index (χ0v) is 10.7. The van der Waals surface area contributed by atoms with Crippen LogP contribution in [0.15, 0.2) is 4.42 Å². The molecule has 0 unspecified atom stereocenters. The standard InChI is InChI=1S/C8H17N5O3S/c1-3-11-17(14,15)5-4-10-8-13-12-7(16-8)6-9-2/h9,11H,3-6H2,1-2H3,(H,10,13). The molecule has 17 heavy (non-hydrogen) atoms. The summed E-state index contributed by atoms with van der Waals surface area (Å²) in [6, 6.07) is 0.224. The number of hydrogen-bond donors (Lipinski definition) is 3. The summed E-state index contributed by atoms with van der Waals surface area (Å²) < 4.78 is 30.2. The summed E-state index contributed by atoms with van der Waals surface area (Å²) in [6.07, 6.45) is 0. The maximum absolute atomic E-state index is 11.3. The normalized spacial score (nSPS) is 11.6. The number of sulfonamides is 1. The van der Waals surface area contributed by atoms with E-state index in [1.807, 2.05) is 0 Å². The quantitative estimate of drug-likeness (QED) is 0.560. The van der Waals surface area contributed by atoms with E-state index in [0.717, 1.165) is 0 Å². The molecule has 98 valence electrons. The van der Waals surface area contributed by atoms with Crippen molar-refractivity contribution in [2.24, 2.45) is 0 Å². The fraction of sp³-hybridized carbons (Fsp3) is 0.750. The van der Waals surface area contributed by atoms with Crippen LogP contribution >= 0.6 is 0 Å². The molecule has 0 fully saturated rings. The minimum atomic E-state index is -3.22. The van der Waals surface area contributed by atoms with Crippen molar-refractivity contribution in [2.45, 2.75) is 13.5 Å². The number of nitrogens with one attached hydrogen (secondary N) is 3. The monoisotopic (exact) mass is 263 g/mol. The third kappa shape index (κ3) is 5.11. The molecular formula is C8H17N5O3S. The summed E-state index contributed by atoms with van der Waals surface area (Å²) >= 11 is 0. The molecule has 0 aliphatic heterocycles. The van der Waals surface area contributed by atoms with Crippen LogP contribution < -0.4 is 15.4 Å². The van der Waals surface area contributed by atoms with E-state index in [2.05, 4.69) is 25.6 Å². The van der Waals surface area contributed by atoms with Crippen LogP contribution in [0.4, 0.5) is 6.01 Å². The predicted molar refractivity (Wildman–Crippen MR) is 63.0 cm³/mol. The predicted octanol–water partition coefficient (Wildman–Crippen LogP) is -0.860. The SMILES string of the molecule is CCNS(=O)(=O)CCNc1nnc(CNC)o1. The molecule has 3 N–H and O–H groups in total. The van der Waals surface area contributed by atoms with Crippen molar-refractivity contribution >= 4 is 16.0 Å². The highest BCUT2D eigenvalue weighted by Gasteiger charge is 2.09. The molecule has 9 heteroatoms. The van der Waals surface area contributed by atoms with E-state index >= 15 is 0 Å². The molecule has 0 spiro atoms. The minimum absolute atomic E-state index is 0.0371. The molecule has 1 rings (SSSR count). The lowest BCUT2D eigenvalue weighted by Crippen LogP contribution is -2.29. The smallest absolute Gasteiger partial charge is 0.315 e. The second kappa shape index (κ2) is 6.52. The molecule has 0 aromatic carbocycles. The Morgan fingerprint density at radius 1 is 1.35 bits per heavy atom. The second-order valence-electron chi connectivity index (χ2n) is 3.27. The third-order valence-corrected chi connectivity index (χ3v) is 3.28. The van der Waals surface area contributed by atoms with Crippen molar-refractivity contribution in [3.8, 4) is 0 Å². The first-order chi connectivity index (χ1) is 8.07. The molecule has 0 atom stereocenters. The molecule has 8 nitrogen and oxygen atoms in total. The van der Waals surface area contributed by atoms with Crippen LogP contribution in [0.5, 0.6) is 0 Å². The topological polar surface area (TPSA) is 109 Å². The van der Waals surface area contributed by atoms with Crippen molar-refractivity contribution in [1.82, 2.24) is 20.2 Å². The Labute approximate surface area is 100 Å². The van der Waals surface area contributed by atoms with Crippen LogP contribution in [0.1, 0.15) is 12.8 Å². The fourth-order valence-electron chi connectivity index (χ4n) is 1.13. The van der Waals surface area contributed by atoms with Gasteiger partial charge in [0.1, 0.15) is 0 Å². The average Bonchev–Trinajstić information content (AvgIpc) is 2.66. The Morgan fingerprint density at radius 3 is 2.76 bits per heavy atom. The van der Waals surface area contributed by atoms with Crippen LogP contribution in [0.3, 0.4) is 0 Å². The number of anilines is 1. The summed E-state index contributed by atoms with van der Waals surface area (Å²) in [5.74, 6) is 0.412. The Kier molecular flexibility index (Phi) is 5.32. The summed E-state index contributed by atoms with van der Waals surface area (Å²) in [5, 5.41) is 13.1. The highest BCUT2D eigenvalue weighted by molar-refractivity contribution is 7.89. The number of hydrogen-bond acceptors (Lipinski definition) is 7. The molecule has 1 aromatic heterocycles. The Hall–Kier alpha value is -1.19. The first-order valence-corrected chi connectivity index (χ1v) is 6.91. The van der Waals surface area contributed by atoms with E-state index < -0.39 is 10.0 Å². The maximum Gasteiger partial charge on any atom is 0.315 e. The molecular weight excluding hydrogens is 246 g/mol. The Balaban J connectivity index is 2.35. The molecule has 0 amide bonds. The molecule has 0 radical (unpaired) electrons. The third-order valence-electron chi connectivity index (χ3n) is 1.81. The van der Waals surface area contributed by atoms with Crippen molar-refractivity contribution in [3.63, 3.8) is 0 Å². The van der Waals surface area contributed by atoms with Gasteiger partial charge >= 0.3 is 6.01 Å². The first kappa shape index (κ1) is 13.9. The van der Waals surface area contributed by atoms with Gasteiger partial charge < -0.3 is 15.1 Å². The van der Waals surface area contributed by atoms with E-state index in [1.165, 1.54) is 0 Å². The lowest BCUT2D eigenvalue weighted by atomic mass is 10.6. The lowest BCUT2D eigenvalue weighted by molar-refractivity contribution is 0.490. The van der Waals surface area contributed by atoms with Gasteiger partial charge in [0.05, 0.1) is 12.3 Å². The molecule has 0 aliphatic carbocycles. The highest BCUT2D eigenvalue weighted by atomic mass is 32.2. The van der Waals surface area contributed by atoms with Gasteiger partial charge in [-0.25, -0.2) is 13.1 Å². The van der Waals surface area contributed by atoms with Crippen LogP contribution in [0.2, 0.25) is 0 Å². The number of nitrogens with zero attached hydrogens (tertiary/aromatic N) is 2.